The number of benzene rings is 2. The summed E-state index contributed by atoms with van der Waals surface area (Å²) in [6, 6.07) is 13.2. The second-order valence-electron chi connectivity index (χ2n) is 7.97. The summed E-state index contributed by atoms with van der Waals surface area (Å²) < 4.78 is 26.2. The predicted octanol–water partition coefficient (Wildman–Crippen LogP) is 3.75. The molecule has 0 heterocycles. The molecule has 0 aliphatic carbocycles. The molecule has 2 aromatic carbocycles. The Hall–Kier alpha value is -2.58. The fourth-order valence-corrected chi connectivity index (χ4v) is 4.37. The molecule has 2 amide bonds. The maximum Gasteiger partial charge on any atom is 0.244 e. The quantitative estimate of drug-likeness (QED) is 0.516. The van der Waals surface area contributed by atoms with E-state index in [2.05, 4.69) is 5.32 Å². The summed E-state index contributed by atoms with van der Waals surface area (Å²) in [7, 11) is -3.74. The van der Waals surface area contributed by atoms with Crippen molar-refractivity contribution in [3.8, 4) is 0 Å². The number of nitrogens with zero attached hydrogens (tertiary/aromatic N) is 2. The van der Waals surface area contributed by atoms with Gasteiger partial charge in [-0.1, -0.05) is 55.3 Å². The zero-order valence-corrected chi connectivity index (χ0v) is 21.1. The van der Waals surface area contributed by atoms with Crippen LogP contribution in [0.4, 0.5) is 5.69 Å². The minimum atomic E-state index is -3.74. The molecule has 0 spiro atoms. The number of halogens is 1. The lowest BCUT2D eigenvalue weighted by Crippen LogP contribution is -2.52. The number of carbonyl (C=O) groups is 2. The van der Waals surface area contributed by atoms with Gasteiger partial charge in [-0.3, -0.25) is 13.9 Å². The van der Waals surface area contributed by atoms with Crippen molar-refractivity contribution in [2.45, 2.75) is 46.2 Å². The van der Waals surface area contributed by atoms with Crippen LogP contribution in [0.2, 0.25) is 5.02 Å². The van der Waals surface area contributed by atoms with Crippen LogP contribution in [-0.2, 0) is 26.2 Å². The molecule has 9 heteroatoms. The summed E-state index contributed by atoms with van der Waals surface area (Å²) in [6.45, 7) is 5.91. The molecular weight excluding hydrogens is 462 g/mol. The number of amides is 2. The van der Waals surface area contributed by atoms with Crippen LogP contribution < -0.4 is 9.62 Å². The van der Waals surface area contributed by atoms with Crippen molar-refractivity contribution in [2.24, 2.45) is 0 Å². The molecule has 180 valence electrons. The van der Waals surface area contributed by atoms with Crippen molar-refractivity contribution in [3.63, 3.8) is 0 Å². The molecule has 0 fully saturated rings. The molecule has 2 rings (SSSR count). The van der Waals surface area contributed by atoms with Gasteiger partial charge in [0, 0.05) is 18.1 Å². The average molecular weight is 494 g/mol. The maximum atomic E-state index is 13.5. The Balaban J connectivity index is 2.39. The third kappa shape index (κ3) is 7.75. The third-order valence-electron chi connectivity index (χ3n) is 5.20. The number of nitrogens with one attached hydrogen (secondary N) is 1. The molecule has 0 radical (unpaired) electrons. The number of rotatable bonds is 11. The molecular formula is C24H32ClN3O4S. The Morgan fingerprint density at radius 2 is 1.64 bits per heavy atom. The van der Waals surface area contributed by atoms with Gasteiger partial charge in [0.15, 0.2) is 0 Å². The molecule has 1 atom stereocenters. The van der Waals surface area contributed by atoms with Crippen LogP contribution in [0.25, 0.3) is 0 Å². The third-order valence-corrected chi connectivity index (χ3v) is 6.60. The number of aryl methyl sites for hydroxylation is 1. The number of carbonyl (C=O) groups excluding carboxylic acids is 2. The van der Waals surface area contributed by atoms with Crippen LogP contribution in [-0.4, -0.2) is 50.5 Å². The fourth-order valence-electron chi connectivity index (χ4n) is 3.40. The van der Waals surface area contributed by atoms with E-state index in [9.17, 15) is 18.0 Å². The second-order valence-corrected chi connectivity index (χ2v) is 10.3. The highest BCUT2D eigenvalue weighted by molar-refractivity contribution is 7.92. The molecule has 0 aliphatic rings. The summed E-state index contributed by atoms with van der Waals surface area (Å²) in [4.78, 5) is 27.8. The molecule has 0 aromatic heterocycles. The van der Waals surface area contributed by atoms with E-state index in [0.29, 0.717) is 23.7 Å². The fraction of sp³-hybridized carbons (Fsp3) is 0.417. The van der Waals surface area contributed by atoms with Crippen LogP contribution in [0.3, 0.4) is 0 Å². The minimum absolute atomic E-state index is 0.152. The highest BCUT2D eigenvalue weighted by atomic mass is 35.5. The first-order valence-electron chi connectivity index (χ1n) is 10.9. The van der Waals surface area contributed by atoms with Crippen molar-refractivity contribution in [1.82, 2.24) is 10.2 Å². The number of sulfonamides is 1. The molecule has 0 bridgehead atoms. The highest BCUT2D eigenvalue weighted by Crippen LogP contribution is 2.20. The predicted molar refractivity (Wildman–Crippen MR) is 133 cm³/mol. The van der Waals surface area contributed by atoms with Crippen LogP contribution in [0.1, 0.15) is 37.8 Å². The van der Waals surface area contributed by atoms with Gasteiger partial charge in [0.25, 0.3) is 0 Å². The SMILES string of the molecule is CCCNC(=O)C(CC)N(Cc1ccc(Cl)cc1)C(=O)CN(c1ccc(C)cc1)S(C)(=O)=O. The van der Waals surface area contributed by atoms with E-state index in [1.54, 1.807) is 48.5 Å². The summed E-state index contributed by atoms with van der Waals surface area (Å²) in [5.41, 5.74) is 2.16. The van der Waals surface area contributed by atoms with Crippen molar-refractivity contribution in [3.05, 3.63) is 64.7 Å². The zero-order valence-electron chi connectivity index (χ0n) is 19.5. The Morgan fingerprint density at radius 3 is 2.15 bits per heavy atom. The molecule has 0 aliphatic heterocycles. The first-order chi connectivity index (χ1) is 15.6. The number of hydrogen-bond acceptors (Lipinski definition) is 4. The van der Waals surface area contributed by atoms with Gasteiger partial charge < -0.3 is 10.2 Å². The second kappa shape index (κ2) is 12.0. The van der Waals surface area contributed by atoms with Crippen molar-refractivity contribution in [1.29, 1.82) is 0 Å². The van der Waals surface area contributed by atoms with Gasteiger partial charge in [-0.15, -0.1) is 0 Å². The molecule has 1 unspecified atom stereocenters. The molecule has 0 saturated carbocycles. The van der Waals surface area contributed by atoms with Gasteiger partial charge in [-0.05, 0) is 49.6 Å². The van der Waals surface area contributed by atoms with Crippen molar-refractivity contribution in [2.75, 3.05) is 23.7 Å². The summed E-state index contributed by atoms with van der Waals surface area (Å²) in [6.07, 6.45) is 2.22. The largest absolute Gasteiger partial charge is 0.354 e. The zero-order chi connectivity index (χ0) is 24.6. The maximum absolute atomic E-state index is 13.5. The van der Waals surface area contributed by atoms with Crippen LogP contribution >= 0.6 is 11.6 Å². The smallest absolute Gasteiger partial charge is 0.244 e. The van der Waals surface area contributed by atoms with E-state index in [4.69, 9.17) is 11.6 Å². The van der Waals surface area contributed by atoms with Gasteiger partial charge in [0.05, 0.1) is 11.9 Å². The lowest BCUT2D eigenvalue weighted by molar-refractivity contribution is -0.140. The van der Waals surface area contributed by atoms with Gasteiger partial charge in [-0.2, -0.15) is 0 Å². The van der Waals surface area contributed by atoms with Crippen molar-refractivity contribution < 1.29 is 18.0 Å². The summed E-state index contributed by atoms with van der Waals surface area (Å²) in [5.74, 6) is -0.725. The Bertz CT molecular complexity index is 1040. The standard InChI is InChI=1S/C24H32ClN3O4S/c1-5-15-26-24(30)22(6-2)27(16-19-9-11-20(25)12-10-19)23(29)17-28(33(4,31)32)21-13-7-18(3)8-14-21/h7-14,22H,5-6,15-17H2,1-4H3,(H,26,30). The minimum Gasteiger partial charge on any atom is -0.354 e. The molecule has 0 saturated heterocycles. The Kier molecular flexibility index (Phi) is 9.73. The van der Waals surface area contributed by atoms with Crippen LogP contribution in [0.5, 0.6) is 0 Å². The summed E-state index contributed by atoms with van der Waals surface area (Å²) in [5, 5.41) is 3.41. The van der Waals surface area contributed by atoms with E-state index in [-0.39, 0.29) is 12.5 Å². The molecule has 7 nitrogen and oxygen atoms in total. The van der Waals surface area contributed by atoms with Gasteiger partial charge in [0.2, 0.25) is 21.8 Å². The average Bonchev–Trinajstić information content (AvgIpc) is 2.77. The highest BCUT2D eigenvalue weighted by Gasteiger charge is 2.31. The normalized spacial score (nSPS) is 12.2. The number of hydrogen-bond donors (Lipinski definition) is 1. The molecule has 33 heavy (non-hydrogen) atoms. The topological polar surface area (TPSA) is 86.8 Å². The van der Waals surface area contributed by atoms with E-state index in [1.165, 1.54) is 4.90 Å². The van der Waals surface area contributed by atoms with E-state index in [1.807, 2.05) is 20.8 Å². The molecule has 1 N–H and O–H groups in total. The Morgan fingerprint density at radius 1 is 1.03 bits per heavy atom. The lowest BCUT2D eigenvalue weighted by Gasteiger charge is -2.33. The van der Waals surface area contributed by atoms with E-state index < -0.39 is 28.5 Å². The van der Waals surface area contributed by atoms with Gasteiger partial charge in [0.1, 0.15) is 12.6 Å². The molecule has 2 aromatic rings. The van der Waals surface area contributed by atoms with Crippen LogP contribution in [0, 0.1) is 6.92 Å². The van der Waals surface area contributed by atoms with Gasteiger partial charge >= 0.3 is 0 Å². The van der Waals surface area contributed by atoms with Crippen LogP contribution in [0.15, 0.2) is 48.5 Å². The van der Waals surface area contributed by atoms with E-state index >= 15 is 0 Å². The summed E-state index contributed by atoms with van der Waals surface area (Å²) >= 11 is 5.99. The number of anilines is 1. The van der Waals surface area contributed by atoms with Gasteiger partial charge in [-0.25, -0.2) is 8.42 Å². The first-order valence-corrected chi connectivity index (χ1v) is 13.2. The van der Waals surface area contributed by atoms with E-state index in [0.717, 1.165) is 28.1 Å². The monoisotopic (exact) mass is 493 g/mol. The first kappa shape index (κ1) is 26.7. The lowest BCUT2D eigenvalue weighted by atomic mass is 10.1. The van der Waals surface area contributed by atoms with Crippen molar-refractivity contribution >= 4 is 39.1 Å². The Labute approximate surface area is 201 Å².